The molecule has 1 aliphatic heterocycles. The van der Waals surface area contributed by atoms with Gasteiger partial charge < -0.3 is 35.7 Å². The van der Waals surface area contributed by atoms with Crippen LogP contribution < -0.4 is 21.3 Å². The SMILES string of the molecule is CCCCC(NC(=O)C1(NC(=O)N2CCOCC2)CCCCC1)C(=O)C(=O)NC(C)(CC=O)CNC. The van der Waals surface area contributed by atoms with Gasteiger partial charge in [0.1, 0.15) is 11.8 Å². The molecule has 0 aromatic rings. The van der Waals surface area contributed by atoms with Crippen molar-refractivity contribution in [2.24, 2.45) is 0 Å². The first-order valence-electron chi connectivity index (χ1n) is 13.1. The first kappa shape index (κ1) is 29.7. The molecule has 1 aliphatic carbocycles. The zero-order valence-electron chi connectivity index (χ0n) is 22.0. The topological polar surface area (TPSA) is 146 Å². The smallest absolute Gasteiger partial charge is 0.318 e. The standard InChI is InChI=1S/C25H43N5O6/c1-4-5-9-19(20(32)21(33)28-24(2,12-15-31)18-26-3)27-22(34)25(10-7-6-8-11-25)29-23(35)30-13-16-36-17-14-30/h15,19,26H,4-14,16-18H2,1-3H3,(H,27,34)(H,28,33)(H,29,35). The number of ketones is 1. The third-order valence-corrected chi connectivity index (χ3v) is 6.99. The zero-order chi connectivity index (χ0) is 26.6. The van der Waals surface area contributed by atoms with Gasteiger partial charge in [0.25, 0.3) is 5.91 Å². The average molecular weight is 510 g/mol. The Morgan fingerprint density at radius 1 is 1.11 bits per heavy atom. The number of ether oxygens (including phenoxy) is 1. The van der Waals surface area contributed by atoms with Gasteiger partial charge in [-0.3, -0.25) is 14.4 Å². The van der Waals surface area contributed by atoms with Crippen LogP contribution in [-0.4, -0.2) is 91.8 Å². The first-order chi connectivity index (χ1) is 17.2. The molecule has 4 N–H and O–H groups in total. The lowest BCUT2D eigenvalue weighted by atomic mass is 9.80. The Hall–Kier alpha value is -2.53. The summed E-state index contributed by atoms with van der Waals surface area (Å²) in [7, 11) is 1.69. The number of likely N-dealkylation sites (N-methyl/N-ethyl adjacent to an activating group) is 1. The molecule has 2 aliphatic rings. The summed E-state index contributed by atoms with van der Waals surface area (Å²) in [6.07, 6.45) is 5.91. The number of Topliss-reactive ketones (excluding diaryl/α,β-unsaturated/α-hetero) is 1. The lowest BCUT2D eigenvalue weighted by Crippen LogP contribution is -2.65. The van der Waals surface area contributed by atoms with E-state index in [-0.39, 0.29) is 12.5 Å². The summed E-state index contributed by atoms with van der Waals surface area (Å²) in [5.41, 5.74) is -2.06. The number of carbonyl (C=O) groups is 5. The minimum absolute atomic E-state index is 0.0372. The normalized spacial score (nSPS) is 19.9. The van der Waals surface area contributed by atoms with Gasteiger partial charge in [-0.1, -0.05) is 39.0 Å². The highest BCUT2D eigenvalue weighted by Gasteiger charge is 2.44. The van der Waals surface area contributed by atoms with Crippen LogP contribution in [0.3, 0.4) is 0 Å². The van der Waals surface area contributed by atoms with Gasteiger partial charge in [-0.25, -0.2) is 4.79 Å². The summed E-state index contributed by atoms with van der Waals surface area (Å²) in [5, 5.41) is 11.4. The van der Waals surface area contributed by atoms with Crippen molar-refractivity contribution in [1.29, 1.82) is 0 Å². The Morgan fingerprint density at radius 2 is 1.78 bits per heavy atom. The van der Waals surface area contributed by atoms with Crippen molar-refractivity contribution in [2.75, 3.05) is 39.9 Å². The summed E-state index contributed by atoms with van der Waals surface area (Å²) in [6.45, 7) is 5.75. The highest BCUT2D eigenvalue weighted by Crippen LogP contribution is 2.29. The van der Waals surface area contributed by atoms with E-state index in [1.165, 1.54) is 0 Å². The quantitative estimate of drug-likeness (QED) is 0.211. The van der Waals surface area contributed by atoms with E-state index in [0.717, 1.165) is 25.7 Å². The molecule has 0 spiro atoms. The molecule has 0 bridgehead atoms. The number of carbonyl (C=O) groups excluding carboxylic acids is 5. The molecule has 4 amide bonds. The number of aldehydes is 1. The van der Waals surface area contributed by atoms with Crippen molar-refractivity contribution in [2.45, 2.75) is 88.8 Å². The van der Waals surface area contributed by atoms with Gasteiger partial charge in [0.15, 0.2) is 0 Å². The van der Waals surface area contributed by atoms with E-state index in [1.807, 2.05) is 6.92 Å². The van der Waals surface area contributed by atoms with E-state index in [2.05, 4.69) is 21.3 Å². The fraction of sp³-hybridized carbons (Fsp3) is 0.800. The summed E-state index contributed by atoms with van der Waals surface area (Å²) in [6, 6.07) is -1.34. The lowest BCUT2D eigenvalue weighted by molar-refractivity contribution is -0.142. The molecule has 2 unspecified atom stereocenters. The second-order valence-corrected chi connectivity index (χ2v) is 10.1. The van der Waals surface area contributed by atoms with Crippen molar-refractivity contribution in [3.63, 3.8) is 0 Å². The van der Waals surface area contributed by atoms with Crippen LogP contribution in [0.25, 0.3) is 0 Å². The summed E-state index contributed by atoms with van der Waals surface area (Å²) >= 11 is 0. The van der Waals surface area contributed by atoms with E-state index in [1.54, 1.807) is 18.9 Å². The van der Waals surface area contributed by atoms with Crippen LogP contribution in [0.5, 0.6) is 0 Å². The van der Waals surface area contributed by atoms with Gasteiger partial charge in [-0.2, -0.15) is 0 Å². The third-order valence-electron chi connectivity index (χ3n) is 6.99. The molecule has 2 atom stereocenters. The molecule has 11 nitrogen and oxygen atoms in total. The second-order valence-electron chi connectivity index (χ2n) is 10.1. The molecule has 36 heavy (non-hydrogen) atoms. The van der Waals surface area contributed by atoms with E-state index in [0.29, 0.717) is 64.8 Å². The second kappa shape index (κ2) is 14.3. The van der Waals surface area contributed by atoms with Crippen LogP contribution in [0.1, 0.15) is 71.6 Å². The van der Waals surface area contributed by atoms with Gasteiger partial charge in [-0.15, -0.1) is 0 Å². The molecule has 2 fully saturated rings. The minimum Gasteiger partial charge on any atom is -0.378 e. The highest BCUT2D eigenvalue weighted by molar-refractivity contribution is 6.38. The number of nitrogens with zero attached hydrogens (tertiary/aromatic N) is 1. The maximum Gasteiger partial charge on any atom is 0.318 e. The van der Waals surface area contributed by atoms with Crippen LogP contribution in [0.15, 0.2) is 0 Å². The Morgan fingerprint density at radius 3 is 2.36 bits per heavy atom. The zero-order valence-corrected chi connectivity index (χ0v) is 22.0. The Bertz CT molecular complexity index is 779. The molecule has 1 saturated heterocycles. The number of rotatable bonds is 13. The third kappa shape index (κ3) is 8.26. The molecule has 1 heterocycles. The molecule has 0 radical (unpaired) electrons. The van der Waals surface area contributed by atoms with Gasteiger partial charge >= 0.3 is 6.03 Å². The molecule has 11 heteroatoms. The van der Waals surface area contributed by atoms with Crippen LogP contribution in [-0.2, 0) is 23.9 Å². The average Bonchev–Trinajstić information content (AvgIpc) is 2.87. The summed E-state index contributed by atoms with van der Waals surface area (Å²) in [4.78, 5) is 65.4. The van der Waals surface area contributed by atoms with E-state index in [9.17, 15) is 24.0 Å². The number of morpholine rings is 1. The van der Waals surface area contributed by atoms with E-state index in [4.69, 9.17) is 4.74 Å². The number of nitrogens with one attached hydrogen (secondary N) is 4. The Kier molecular flexibility index (Phi) is 11.8. The van der Waals surface area contributed by atoms with Crippen LogP contribution >= 0.6 is 0 Å². The number of unbranched alkanes of at least 4 members (excludes halogenated alkanes) is 1. The van der Waals surface area contributed by atoms with Gasteiger partial charge in [0.2, 0.25) is 11.7 Å². The number of hydrogen-bond donors (Lipinski definition) is 4. The van der Waals surface area contributed by atoms with Crippen LogP contribution in [0.2, 0.25) is 0 Å². The van der Waals surface area contributed by atoms with Crippen LogP contribution in [0.4, 0.5) is 4.79 Å². The summed E-state index contributed by atoms with van der Waals surface area (Å²) < 4.78 is 5.32. The highest BCUT2D eigenvalue weighted by atomic mass is 16.5. The predicted octanol–water partition coefficient (Wildman–Crippen LogP) is 0.659. The van der Waals surface area contributed by atoms with Crippen molar-refractivity contribution < 1.29 is 28.7 Å². The van der Waals surface area contributed by atoms with Crippen molar-refractivity contribution in [3.8, 4) is 0 Å². The van der Waals surface area contributed by atoms with Gasteiger partial charge in [0.05, 0.1) is 24.8 Å². The maximum absolute atomic E-state index is 13.6. The fourth-order valence-electron chi connectivity index (χ4n) is 4.82. The molecule has 1 saturated carbocycles. The largest absolute Gasteiger partial charge is 0.378 e. The van der Waals surface area contributed by atoms with Gasteiger partial charge in [0, 0.05) is 26.1 Å². The molecular formula is C25H43N5O6. The monoisotopic (exact) mass is 509 g/mol. The number of hydrogen-bond acceptors (Lipinski definition) is 7. The van der Waals surface area contributed by atoms with Crippen molar-refractivity contribution in [3.05, 3.63) is 0 Å². The minimum atomic E-state index is -1.13. The van der Waals surface area contributed by atoms with Crippen molar-refractivity contribution in [1.82, 2.24) is 26.2 Å². The fourth-order valence-corrected chi connectivity index (χ4v) is 4.82. The first-order valence-corrected chi connectivity index (χ1v) is 13.1. The molecule has 0 aromatic carbocycles. The van der Waals surface area contributed by atoms with E-state index < -0.39 is 34.7 Å². The van der Waals surface area contributed by atoms with Crippen LogP contribution in [0, 0.1) is 0 Å². The molecular weight excluding hydrogens is 466 g/mol. The number of amides is 4. The Balaban J connectivity index is 2.17. The maximum atomic E-state index is 13.6. The summed E-state index contributed by atoms with van der Waals surface area (Å²) in [5.74, 6) is -2.03. The predicted molar refractivity (Wildman–Crippen MR) is 134 cm³/mol. The molecule has 0 aromatic heterocycles. The van der Waals surface area contributed by atoms with Gasteiger partial charge in [-0.05, 0) is 33.2 Å². The van der Waals surface area contributed by atoms with Crippen molar-refractivity contribution >= 4 is 29.9 Å². The Labute approximate surface area is 213 Å². The number of urea groups is 1. The molecule has 2 rings (SSSR count). The lowest BCUT2D eigenvalue weighted by Gasteiger charge is -2.39. The van der Waals surface area contributed by atoms with E-state index >= 15 is 0 Å². The molecule has 204 valence electrons.